The van der Waals surface area contributed by atoms with E-state index >= 15 is 0 Å². The van der Waals surface area contributed by atoms with Gasteiger partial charge in [-0.15, -0.1) is 0 Å². The number of nitrogens with zero attached hydrogens (tertiary/aromatic N) is 5. The highest BCUT2D eigenvalue weighted by molar-refractivity contribution is 6.34. The van der Waals surface area contributed by atoms with Crippen LogP contribution in [0.2, 0.25) is 5.02 Å². The summed E-state index contributed by atoms with van der Waals surface area (Å²) in [4.78, 5) is 37.8. The zero-order valence-electron chi connectivity index (χ0n) is 17.7. The highest BCUT2D eigenvalue weighted by atomic mass is 35.5. The van der Waals surface area contributed by atoms with E-state index < -0.39 is 0 Å². The van der Waals surface area contributed by atoms with Gasteiger partial charge in [0.2, 0.25) is 11.9 Å². The van der Waals surface area contributed by atoms with Crippen LogP contribution >= 0.6 is 11.6 Å². The summed E-state index contributed by atoms with van der Waals surface area (Å²) in [6, 6.07) is 2.82. The van der Waals surface area contributed by atoms with Crippen LogP contribution in [0.3, 0.4) is 0 Å². The molecular formula is C23H22ClN7O2. The Morgan fingerprint density at radius 2 is 1.94 bits per heavy atom. The summed E-state index contributed by atoms with van der Waals surface area (Å²) >= 11 is 6.45. The number of carbonyl (C=O) groups excluding carboxylic acids is 1. The van der Waals surface area contributed by atoms with Gasteiger partial charge in [0, 0.05) is 79.6 Å². The first-order valence-corrected chi connectivity index (χ1v) is 10.8. The fraction of sp³-hybridized carbons (Fsp3) is 0.217. The molecule has 0 bridgehead atoms. The minimum atomic E-state index is -0.104. The number of hydrogen-bond donors (Lipinski definition) is 2. The lowest BCUT2D eigenvalue weighted by Gasteiger charge is -2.33. The molecule has 4 rings (SSSR count). The second-order valence-electron chi connectivity index (χ2n) is 7.60. The van der Waals surface area contributed by atoms with Crippen molar-refractivity contribution in [1.82, 2.24) is 24.4 Å². The number of anilines is 1. The third-order valence-corrected chi connectivity index (χ3v) is 5.67. The Morgan fingerprint density at radius 1 is 1.21 bits per heavy atom. The molecule has 0 aromatic carbocycles. The minimum Gasteiger partial charge on any atom is -0.379 e. The highest BCUT2D eigenvalue weighted by Crippen LogP contribution is 2.29. The Balaban J connectivity index is 1.57. The highest BCUT2D eigenvalue weighted by Gasteiger charge is 2.24. The molecule has 1 atom stereocenters. The van der Waals surface area contributed by atoms with Crippen molar-refractivity contribution in [1.29, 1.82) is 5.41 Å². The van der Waals surface area contributed by atoms with Crippen LogP contribution in [0.25, 0.3) is 5.95 Å². The number of pyridine rings is 2. The Hall–Kier alpha value is -3.85. The molecule has 1 aliphatic rings. The van der Waals surface area contributed by atoms with Crippen LogP contribution in [-0.2, 0) is 4.79 Å². The summed E-state index contributed by atoms with van der Waals surface area (Å²) in [5.41, 5.74) is 1.63. The van der Waals surface area contributed by atoms with E-state index in [4.69, 9.17) is 17.0 Å². The maximum absolute atomic E-state index is 12.0. The quantitative estimate of drug-likeness (QED) is 0.428. The van der Waals surface area contributed by atoms with E-state index in [1.54, 1.807) is 40.5 Å². The van der Waals surface area contributed by atoms with Crippen LogP contribution < -0.4 is 10.7 Å². The third kappa shape index (κ3) is 4.98. The molecule has 3 aromatic heterocycles. The summed E-state index contributed by atoms with van der Waals surface area (Å²) in [5, 5.41) is 12.5. The Labute approximate surface area is 195 Å². The van der Waals surface area contributed by atoms with Crippen LogP contribution in [-0.4, -0.2) is 55.2 Å². The van der Waals surface area contributed by atoms with Gasteiger partial charge in [0.05, 0.1) is 16.4 Å². The average molecular weight is 464 g/mol. The summed E-state index contributed by atoms with van der Waals surface area (Å²) in [6.07, 6.45) is 12.4. The summed E-state index contributed by atoms with van der Waals surface area (Å²) in [7, 11) is 0. The zero-order valence-corrected chi connectivity index (χ0v) is 18.5. The van der Waals surface area contributed by atoms with Crippen molar-refractivity contribution in [2.45, 2.75) is 18.9 Å². The van der Waals surface area contributed by atoms with E-state index in [-0.39, 0.29) is 23.1 Å². The molecule has 1 aliphatic heterocycles. The van der Waals surface area contributed by atoms with Gasteiger partial charge in [0.1, 0.15) is 0 Å². The Kier molecular flexibility index (Phi) is 6.60. The molecule has 9 nitrogen and oxygen atoms in total. The van der Waals surface area contributed by atoms with E-state index in [0.29, 0.717) is 40.9 Å². The first-order chi connectivity index (χ1) is 16.0. The molecule has 4 heterocycles. The topological polar surface area (TPSA) is 117 Å². The zero-order chi connectivity index (χ0) is 23.4. The normalized spacial score (nSPS) is 15.7. The smallest absolute Gasteiger partial charge is 0.246 e. The number of halogens is 1. The van der Waals surface area contributed by atoms with E-state index in [1.165, 1.54) is 24.4 Å². The molecule has 1 saturated heterocycles. The molecule has 1 amide bonds. The van der Waals surface area contributed by atoms with E-state index in [1.807, 2.05) is 0 Å². The maximum atomic E-state index is 12.0. The lowest BCUT2D eigenvalue weighted by molar-refractivity contribution is -0.127. The fourth-order valence-corrected chi connectivity index (χ4v) is 3.90. The number of rotatable bonds is 6. The number of nitrogens with one attached hydrogen (secondary N) is 2. The van der Waals surface area contributed by atoms with E-state index in [2.05, 4.69) is 26.8 Å². The number of aromatic nitrogens is 4. The molecule has 1 unspecified atom stereocenters. The monoisotopic (exact) mass is 463 g/mol. The molecule has 0 aliphatic carbocycles. The van der Waals surface area contributed by atoms with Crippen molar-refractivity contribution < 1.29 is 4.79 Å². The van der Waals surface area contributed by atoms with Crippen molar-refractivity contribution in [2.75, 3.05) is 18.4 Å². The molecule has 0 saturated carbocycles. The van der Waals surface area contributed by atoms with E-state index in [9.17, 15) is 9.59 Å². The molecule has 0 radical (unpaired) electrons. The first-order valence-electron chi connectivity index (χ1n) is 10.4. The lowest BCUT2D eigenvalue weighted by atomic mass is 10.0. The van der Waals surface area contributed by atoms with Crippen molar-refractivity contribution >= 4 is 28.9 Å². The summed E-state index contributed by atoms with van der Waals surface area (Å²) in [5.74, 6) is 0.276. The fourth-order valence-electron chi connectivity index (χ4n) is 3.68. The van der Waals surface area contributed by atoms with Crippen LogP contribution in [0.15, 0.2) is 66.8 Å². The van der Waals surface area contributed by atoms with Gasteiger partial charge in [-0.05, 0) is 18.9 Å². The Morgan fingerprint density at radius 3 is 2.64 bits per heavy atom. The summed E-state index contributed by atoms with van der Waals surface area (Å²) in [6.45, 7) is 4.77. The molecule has 1 fully saturated rings. The molecule has 168 valence electrons. The van der Waals surface area contributed by atoms with Crippen LogP contribution in [0.4, 0.5) is 5.69 Å². The molecule has 33 heavy (non-hydrogen) atoms. The molecule has 3 aromatic rings. The number of carbonyl (C=O) groups is 1. The van der Waals surface area contributed by atoms with Crippen LogP contribution in [0.5, 0.6) is 0 Å². The largest absolute Gasteiger partial charge is 0.379 e. The maximum Gasteiger partial charge on any atom is 0.246 e. The predicted octanol–water partition coefficient (Wildman–Crippen LogP) is 2.68. The van der Waals surface area contributed by atoms with E-state index in [0.717, 1.165) is 12.8 Å². The van der Waals surface area contributed by atoms with Gasteiger partial charge in [-0.2, -0.15) is 0 Å². The second kappa shape index (κ2) is 9.74. The number of amides is 1. The van der Waals surface area contributed by atoms with Crippen LogP contribution in [0.1, 0.15) is 24.0 Å². The van der Waals surface area contributed by atoms with Gasteiger partial charge in [-0.1, -0.05) is 18.2 Å². The van der Waals surface area contributed by atoms with Crippen molar-refractivity contribution in [3.8, 4) is 5.95 Å². The predicted molar refractivity (Wildman–Crippen MR) is 126 cm³/mol. The van der Waals surface area contributed by atoms with Gasteiger partial charge in [-0.3, -0.25) is 24.5 Å². The molecule has 2 N–H and O–H groups in total. The minimum absolute atomic E-state index is 0.0203. The number of hydrogen-bond acceptors (Lipinski definition) is 7. The lowest BCUT2D eigenvalue weighted by Crippen LogP contribution is -2.44. The van der Waals surface area contributed by atoms with Gasteiger partial charge in [-0.25, -0.2) is 9.97 Å². The first kappa shape index (κ1) is 22.3. The molecular weight excluding hydrogens is 442 g/mol. The molecule has 10 heteroatoms. The number of piperidine rings is 1. The van der Waals surface area contributed by atoms with Gasteiger partial charge in [0.15, 0.2) is 5.43 Å². The average Bonchev–Trinajstić information content (AvgIpc) is 2.85. The standard InChI is InChI=1S/C23H22ClN7O2/c1-2-20(33)31-7-3-4-16(14-31)29-22-18(12-26-13-19(22)24)21(25)15-10-27-23(28-11-15)30-8-5-17(32)6-9-30/h2,5-6,8-13,16,25H,1,3-4,7,14H2,(H,26,29). The van der Waals surface area contributed by atoms with Crippen molar-refractivity contribution in [3.63, 3.8) is 0 Å². The second-order valence-corrected chi connectivity index (χ2v) is 8.01. The molecule has 0 spiro atoms. The van der Waals surface area contributed by atoms with Crippen molar-refractivity contribution in [3.05, 3.63) is 88.3 Å². The van der Waals surface area contributed by atoms with Gasteiger partial charge in [0.25, 0.3) is 0 Å². The van der Waals surface area contributed by atoms with Gasteiger partial charge >= 0.3 is 0 Å². The SMILES string of the molecule is C=CC(=O)N1CCCC(Nc2c(Cl)cncc2C(=N)c2cnc(-n3ccc(=O)cc3)nc2)C1. The van der Waals surface area contributed by atoms with Crippen LogP contribution in [0, 0.1) is 5.41 Å². The van der Waals surface area contributed by atoms with Gasteiger partial charge < -0.3 is 10.2 Å². The summed E-state index contributed by atoms with van der Waals surface area (Å²) < 4.78 is 1.61. The van der Waals surface area contributed by atoms with Crippen molar-refractivity contribution in [2.24, 2.45) is 0 Å². The Bertz CT molecular complexity index is 1240. The third-order valence-electron chi connectivity index (χ3n) is 5.38. The number of likely N-dealkylation sites (tertiary alicyclic amines) is 1.